The number of carbonyl (C=O) groups excluding carboxylic acids is 2. The van der Waals surface area contributed by atoms with Crippen molar-refractivity contribution in [1.82, 2.24) is 0 Å². The molecule has 0 bridgehead atoms. The van der Waals surface area contributed by atoms with E-state index in [4.69, 9.17) is 18.6 Å². The minimum atomic E-state index is -0.301. The summed E-state index contributed by atoms with van der Waals surface area (Å²) in [6, 6.07) is 11.2. The number of anilines is 1. The van der Waals surface area contributed by atoms with E-state index in [1.807, 2.05) is 38.1 Å². The van der Waals surface area contributed by atoms with Crippen molar-refractivity contribution >= 4 is 42.1 Å². The zero-order chi connectivity index (χ0) is 24.1. The number of ketones is 1. The summed E-state index contributed by atoms with van der Waals surface area (Å²) in [5.41, 5.74) is 12.5. The highest BCUT2D eigenvalue weighted by molar-refractivity contribution is 6.33. The lowest BCUT2D eigenvalue weighted by Gasteiger charge is -2.18. The van der Waals surface area contributed by atoms with Crippen LogP contribution in [0.15, 0.2) is 71.9 Å². The molecule has 6 heteroatoms. The number of hydrogen-bond acceptors (Lipinski definition) is 4. The molecule has 0 aromatic heterocycles. The number of nitrogens with zero attached hydrogens (tertiary/aromatic N) is 2. The number of rotatable bonds is 7. The van der Waals surface area contributed by atoms with Gasteiger partial charge in [0.2, 0.25) is 0 Å². The Labute approximate surface area is 196 Å². The van der Waals surface area contributed by atoms with Crippen LogP contribution >= 0.6 is 0 Å². The Kier molecular flexibility index (Phi) is 7.49. The Bertz CT molecular complexity index is 1210. The lowest BCUT2D eigenvalue weighted by molar-refractivity contribution is -0.115. The van der Waals surface area contributed by atoms with Gasteiger partial charge in [-0.25, -0.2) is 0 Å². The third-order valence-electron chi connectivity index (χ3n) is 5.68. The first-order valence-electron chi connectivity index (χ1n) is 10.9. The summed E-state index contributed by atoms with van der Waals surface area (Å²) >= 11 is 0. The SMILES string of the molecule is [B]c1cc(C(=C/C=C)/N=C(/C=C(\N)C(=O)N2CCc3ccc(C(C)=O)cc32)CC)ccc1C. The standard InChI is InChI=1S/C27H28BN3O2/c1-5-7-25(21-9-8-17(3)23(28)14-21)30-22(6-2)16-24(29)27(33)31-13-12-19-10-11-20(18(4)32)15-26(19)31/h5,7-11,14-16H,1,6,12-13,29H2,2-4H3/b24-16-,25-7-,30-22+. The van der Waals surface area contributed by atoms with Crippen molar-refractivity contribution < 1.29 is 9.59 Å². The van der Waals surface area contributed by atoms with E-state index in [-0.39, 0.29) is 17.4 Å². The summed E-state index contributed by atoms with van der Waals surface area (Å²) in [5.74, 6) is -0.344. The molecule has 0 atom stereocenters. The summed E-state index contributed by atoms with van der Waals surface area (Å²) in [6.45, 7) is 9.71. The summed E-state index contributed by atoms with van der Waals surface area (Å²) < 4.78 is 0. The minimum absolute atomic E-state index is 0.0423. The highest BCUT2D eigenvalue weighted by Crippen LogP contribution is 2.30. The molecular formula is C27H28BN3O2. The van der Waals surface area contributed by atoms with Crippen LogP contribution in [-0.2, 0) is 11.2 Å². The van der Waals surface area contributed by atoms with E-state index in [1.165, 1.54) is 6.92 Å². The zero-order valence-electron chi connectivity index (χ0n) is 19.4. The van der Waals surface area contributed by atoms with Crippen LogP contribution in [-0.4, -0.2) is 31.8 Å². The third-order valence-corrected chi connectivity index (χ3v) is 5.68. The number of Topliss-reactive ketones (excluding diaryl/α,β-unsaturated/α-hetero) is 1. The second-order valence-electron chi connectivity index (χ2n) is 8.02. The molecule has 2 aromatic rings. The normalized spacial score (nSPS) is 14.3. The van der Waals surface area contributed by atoms with Gasteiger partial charge in [-0.2, -0.15) is 0 Å². The molecule has 0 aliphatic carbocycles. The van der Waals surface area contributed by atoms with Gasteiger partial charge in [-0.3, -0.25) is 14.6 Å². The van der Waals surface area contributed by atoms with E-state index in [9.17, 15) is 9.59 Å². The van der Waals surface area contributed by atoms with E-state index < -0.39 is 0 Å². The van der Waals surface area contributed by atoms with E-state index in [2.05, 4.69) is 6.58 Å². The molecule has 2 aromatic carbocycles. The maximum absolute atomic E-state index is 13.1. The molecule has 3 rings (SSSR count). The molecule has 5 nitrogen and oxygen atoms in total. The maximum atomic E-state index is 13.1. The number of aliphatic imine (C=N–C) groups is 1. The first-order valence-corrected chi connectivity index (χ1v) is 10.9. The van der Waals surface area contributed by atoms with Gasteiger partial charge in [-0.1, -0.05) is 60.9 Å². The second kappa shape index (κ2) is 10.3. The van der Waals surface area contributed by atoms with E-state index >= 15 is 0 Å². The number of benzene rings is 2. The molecule has 0 saturated carbocycles. The molecule has 1 heterocycles. The van der Waals surface area contributed by atoms with Crippen molar-refractivity contribution in [2.75, 3.05) is 11.4 Å². The summed E-state index contributed by atoms with van der Waals surface area (Å²) in [7, 11) is 6.07. The van der Waals surface area contributed by atoms with Crippen LogP contribution in [0.2, 0.25) is 0 Å². The highest BCUT2D eigenvalue weighted by Gasteiger charge is 2.26. The van der Waals surface area contributed by atoms with Crippen LogP contribution in [0.3, 0.4) is 0 Å². The maximum Gasteiger partial charge on any atom is 0.274 e. The number of allylic oxidation sites excluding steroid dienone is 3. The van der Waals surface area contributed by atoms with Crippen LogP contribution in [0, 0.1) is 6.92 Å². The van der Waals surface area contributed by atoms with Crippen molar-refractivity contribution in [1.29, 1.82) is 0 Å². The Balaban J connectivity index is 1.91. The topological polar surface area (TPSA) is 75.8 Å². The van der Waals surface area contributed by atoms with Crippen LogP contribution in [0.25, 0.3) is 5.70 Å². The molecule has 0 unspecified atom stereocenters. The molecule has 1 amide bonds. The Morgan fingerprint density at radius 3 is 2.58 bits per heavy atom. The largest absolute Gasteiger partial charge is 0.394 e. The fourth-order valence-electron chi connectivity index (χ4n) is 3.68. The lowest BCUT2D eigenvalue weighted by Crippen LogP contribution is -2.33. The smallest absolute Gasteiger partial charge is 0.274 e. The fourth-order valence-corrected chi connectivity index (χ4v) is 3.68. The van der Waals surface area contributed by atoms with Crippen LogP contribution < -0.4 is 16.1 Å². The first kappa shape index (κ1) is 24.0. The first-order chi connectivity index (χ1) is 15.7. The quantitative estimate of drug-likeness (QED) is 0.235. The number of carbonyl (C=O) groups is 2. The van der Waals surface area contributed by atoms with Gasteiger partial charge in [0.15, 0.2) is 5.78 Å². The number of fused-ring (bicyclic) bond motifs is 1. The Hall–Kier alpha value is -3.67. The van der Waals surface area contributed by atoms with E-state index in [1.54, 1.807) is 35.3 Å². The van der Waals surface area contributed by atoms with Crippen molar-refractivity contribution in [2.24, 2.45) is 10.7 Å². The number of nitrogens with two attached hydrogens (primary N) is 1. The van der Waals surface area contributed by atoms with Crippen LogP contribution in [0.1, 0.15) is 47.3 Å². The minimum Gasteiger partial charge on any atom is -0.394 e. The Morgan fingerprint density at radius 1 is 1.21 bits per heavy atom. The van der Waals surface area contributed by atoms with Gasteiger partial charge in [0, 0.05) is 23.5 Å². The van der Waals surface area contributed by atoms with Gasteiger partial charge in [0.05, 0.1) is 11.4 Å². The summed E-state index contributed by atoms with van der Waals surface area (Å²) in [4.78, 5) is 31.3. The molecule has 33 heavy (non-hydrogen) atoms. The van der Waals surface area contributed by atoms with Crippen LogP contribution in [0.4, 0.5) is 5.69 Å². The summed E-state index contributed by atoms with van der Waals surface area (Å²) in [6.07, 6.45) is 6.38. The van der Waals surface area contributed by atoms with Gasteiger partial charge in [-0.05, 0) is 56.0 Å². The van der Waals surface area contributed by atoms with Crippen molar-refractivity contribution in [3.8, 4) is 0 Å². The number of aryl methyl sites for hydroxylation is 1. The van der Waals surface area contributed by atoms with E-state index in [0.717, 1.165) is 28.8 Å². The molecule has 0 saturated heterocycles. The zero-order valence-corrected chi connectivity index (χ0v) is 19.4. The molecular weight excluding hydrogens is 409 g/mol. The Morgan fingerprint density at radius 2 is 1.94 bits per heavy atom. The van der Waals surface area contributed by atoms with Crippen molar-refractivity contribution in [3.05, 3.63) is 89.2 Å². The van der Waals surface area contributed by atoms with Gasteiger partial charge in [0.1, 0.15) is 7.85 Å². The number of amides is 1. The predicted octanol–water partition coefficient (Wildman–Crippen LogP) is 3.80. The molecule has 0 spiro atoms. The summed E-state index contributed by atoms with van der Waals surface area (Å²) in [5, 5.41) is 0. The third kappa shape index (κ3) is 5.40. The molecule has 2 radical (unpaired) electrons. The molecule has 0 fully saturated rings. The van der Waals surface area contributed by atoms with Gasteiger partial charge in [0.25, 0.3) is 5.91 Å². The fraction of sp³-hybridized carbons (Fsp3) is 0.222. The van der Waals surface area contributed by atoms with Crippen molar-refractivity contribution in [3.63, 3.8) is 0 Å². The van der Waals surface area contributed by atoms with Gasteiger partial charge >= 0.3 is 0 Å². The van der Waals surface area contributed by atoms with Crippen molar-refractivity contribution in [2.45, 2.75) is 33.6 Å². The highest BCUT2D eigenvalue weighted by atomic mass is 16.2. The monoisotopic (exact) mass is 437 g/mol. The molecule has 2 N–H and O–H groups in total. The van der Waals surface area contributed by atoms with E-state index in [0.29, 0.717) is 35.4 Å². The van der Waals surface area contributed by atoms with Gasteiger partial charge in [-0.15, -0.1) is 0 Å². The lowest BCUT2D eigenvalue weighted by atomic mass is 9.89. The molecule has 1 aliphatic rings. The number of hydrogen-bond donors (Lipinski definition) is 1. The molecule has 166 valence electrons. The van der Waals surface area contributed by atoms with Crippen LogP contribution in [0.5, 0.6) is 0 Å². The molecule has 1 aliphatic heterocycles. The second-order valence-corrected chi connectivity index (χ2v) is 8.02. The predicted molar refractivity (Wildman–Crippen MR) is 137 cm³/mol. The average molecular weight is 437 g/mol. The van der Waals surface area contributed by atoms with Gasteiger partial charge < -0.3 is 10.6 Å². The average Bonchev–Trinajstić information content (AvgIpc) is 3.22.